The number of carbonyl (C=O) groups excluding carboxylic acids is 2. The smallest absolute Gasteiger partial charge is 0.244 e. The fourth-order valence-electron chi connectivity index (χ4n) is 6.51. The first-order chi connectivity index (χ1) is 18.2. The maximum Gasteiger partial charge on any atom is 0.244 e. The molecular weight excluding hydrogens is 522 g/mol. The molecule has 3 fully saturated rings. The molecule has 9 nitrogen and oxygen atoms in total. The van der Waals surface area contributed by atoms with Crippen molar-refractivity contribution >= 4 is 54.8 Å². The second-order valence-electron chi connectivity index (χ2n) is 10.5. The summed E-state index contributed by atoms with van der Waals surface area (Å²) in [5.74, 6) is -0.603. The van der Waals surface area contributed by atoms with E-state index in [-0.39, 0.29) is 34.7 Å². The van der Waals surface area contributed by atoms with Crippen LogP contribution in [0.25, 0.3) is 10.8 Å². The number of rotatable bonds is 5. The maximum atomic E-state index is 14.1. The van der Waals surface area contributed by atoms with Crippen molar-refractivity contribution in [3.8, 4) is 0 Å². The molecule has 0 saturated carbocycles. The Balaban J connectivity index is 1.32. The molecule has 3 saturated heterocycles. The van der Waals surface area contributed by atoms with Crippen LogP contribution in [0.4, 0.5) is 10.8 Å². The summed E-state index contributed by atoms with van der Waals surface area (Å²) in [6.45, 7) is 2.66. The number of fused-ring (bicyclic) bond motifs is 2. The minimum Gasteiger partial charge on any atom is -0.377 e. The molecule has 6 rings (SSSR count). The van der Waals surface area contributed by atoms with Gasteiger partial charge in [-0.25, -0.2) is 13.4 Å². The van der Waals surface area contributed by atoms with Gasteiger partial charge in [0.1, 0.15) is 6.04 Å². The van der Waals surface area contributed by atoms with E-state index in [1.807, 2.05) is 55.6 Å². The second kappa shape index (κ2) is 9.32. The van der Waals surface area contributed by atoms with Crippen molar-refractivity contribution in [2.75, 3.05) is 37.0 Å². The normalized spacial score (nSPS) is 25.9. The minimum atomic E-state index is -3.94. The predicted octanol–water partition coefficient (Wildman–Crippen LogP) is 3.17. The summed E-state index contributed by atoms with van der Waals surface area (Å²) in [6.07, 6.45) is 3.42. The molecule has 0 radical (unpaired) electrons. The summed E-state index contributed by atoms with van der Waals surface area (Å²) >= 11 is 1.41. The van der Waals surface area contributed by atoms with E-state index in [4.69, 9.17) is 0 Å². The van der Waals surface area contributed by atoms with Crippen molar-refractivity contribution in [2.45, 2.75) is 49.2 Å². The van der Waals surface area contributed by atoms with Gasteiger partial charge < -0.3 is 9.80 Å². The van der Waals surface area contributed by atoms with Crippen LogP contribution >= 0.6 is 11.3 Å². The zero-order valence-electron chi connectivity index (χ0n) is 21.6. The lowest BCUT2D eigenvalue weighted by Gasteiger charge is -2.32. The van der Waals surface area contributed by atoms with Crippen LogP contribution in [0.3, 0.4) is 0 Å². The summed E-state index contributed by atoms with van der Waals surface area (Å²) in [4.78, 5) is 37.2. The highest BCUT2D eigenvalue weighted by Crippen LogP contribution is 2.41. The molecule has 11 heteroatoms. The SMILES string of the molecule is C[C@@H]1C(=O)N(c2nccs2)[C@H]2CCN(C(=O)[C@@H]3CCCN3S(=O)(=O)c3cccc4c(N(C)C)cccc34)[C@H]12. The molecule has 3 aromatic rings. The van der Waals surface area contributed by atoms with Gasteiger partial charge in [-0.05, 0) is 31.4 Å². The number of aromatic nitrogens is 1. The molecule has 0 spiro atoms. The van der Waals surface area contributed by atoms with Crippen LogP contribution < -0.4 is 9.80 Å². The van der Waals surface area contributed by atoms with Crippen molar-refractivity contribution in [3.63, 3.8) is 0 Å². The number of nitrogens with zero attached hydrogens (tertiary/aromatic N) is 5. The Labute approximate surface area is 226 Å². The zero-order chi connectivity index (χ0) is 26.8. The highest BCUT2D eigenvalue weighted by Gasteiger charge is 2.56. The summed E-state index contributed by atoms with van der Waals surface area (Å²) < 4.78 is 29.6. The molecule has 3 aliphatic heterocycles. The number of carbonyl (C=O) groups is 2. The summed E-state index contributed by atoms with van der Waals surface area (Å²) in [6, 6.07) is 9.77. The van der Waals surface area contributed by atoms with E-state index >= 15 is 0 Å². The average Bonchev–Trinajstić information content (AvgIpc) is 3.70. The van der Waals surface area contributed by atoms with Gasteiger partial charge in [0.15, 0.2) is 5.13 Å². The number of anilines is 2. The Morgan fingerprint density at radius 3 is 2.58 bits per heavy atom. The molecule has 0 bridgehead atoms. The van der Waals surface area contributed by atoms with Gasteiger partial charge in [-0.1, -0.05) is 31.2 Å². The molecule has 1 aromatic heterocycles. The Kier molecular flexibility index (Phi) is 6.20. The van der Waals surface area contributed by atoms with Gasteiger partial charge in [0.25, 0.3) is 0 Å². The van der Waals surface area contributed by atoms with E-state index in [1.165, 1.54) is 15.6 Å². The van der Waals surface area contributed by atoms with Crippen molar-refractivity contribution in [1.29, 1.82) is 0 Å². The molecule has 0 aliphatic carbocycles. The lowest BCUT2D eigenvalue weighted by Crippen LogP contribution is -2.51. The topological polar surface area (TPSA) is 94.1 Å². The van der Waals surface area contributed by atoms with Crippen LogP contribution in [-0.2, 0) is 19.6 Å². The number of benzene rings is 2. The molecule has 4 heterocycles. The van der Waals surface area contributed by atoms with Gasteiger partial charge in [0.05, 0.1) is 22.9 Å². The first-order valence-corrected chi connectivity index (χ1v) is 15.3. The quantitative estimate of drug-likeness (QED) is 0.482. The lowest BCUT2D eigenvalue weighted by molar-refractivity contribution is -0.136. The number of thiazole rings is 1. The van der Waals surface area contributed by atoms with E-state index in [0.717, 1.165) is 11.1 Å². The molecule has 2 amide bonds. The van der Waals surface area contributed by atoms with Gasteiger partial charge in [0.2, 0.25) is 21.8 Å². The predicted molar refractivity (Wildman–Crippen MR) is 148 cm³/mol. The van der Waals surface area contributed by atoms with Gasteiger partial charge in [-0.2, -0.15) is 4.31 Å². The minimum absolute atomic E-state index is 0.0317. The van der Waals surface area contributed by atoms with Gasteiger partial charge in [-0.3, -0.25) is 14.5 Å². The Hall–Kier alpha value is -3.02. The first kappa shape index (κ1) is 25.3. The highest BCUT2D eigenvalue weighted by molar-refractivity contribution is 7.89. The number of amides is 2. The Morgan fingerprint density at radius 1 is 1.08 bits per heavy atom. The van der Waals surface area contributed by atoms with Gasteiger partial charge >= 0.3 is 0 Å². The van der Waals surface area contributed by atoms with Crippen LogP contribution in [0.2, 0.25) is 0 Å². The van der Waals surface area contributed by atoms with Crippen molar-refractivity contribution < 1.29 is 18.0 Å². The van der Waals surface area contributed by atoms with E-state index in [1.54, 1.807) is 28.1 Å². The number of likely N-dealkylation sites (tertiary alicyclic amines) is 1. The highest BCUT2D eigenvalue weighted by atomic mass is 32.2. The zero-order valence-corrected chi connectivity index (χ0v) is 23.3. The van der Waals surface area contributed by atoms with Crippen molar-refractivity contribution in [1.82, 2.24) is 14.2 Å². The number of hydrogen-bond donors (Lipinski definition) is 0. The van der Waals surface area contributed by atoms with Crippen LogP contribution in [0.5, 0.6) is 0 Å². The fraction of sp³-hybridized carbons (Fsp3) is 0.444. The van der Waals surface area contributed by atoms with Gasteiger partial charge in [0, 0.05) is 55.2 Å². The number of hydrogen-bond acceptors (Lipinski definition) is 7. The first-order valence-electron chi connectivity index (χ1n) is 13.0. The third-order valence-electron chi connectivity index (χ3n) is 8.22. The molecule has 200 valence electrons. The molecule has 0 unspecified atom stereocenters. The van der Waals surface area contributed by atoms with Crippen LogP contribution in [-0.4, -0.2) is 79.7 Å². The average molecular weight is 554 g/mol. The third-order valence-corrected chi connectivity index (χ3v) is 11.0. The maximum absolute atomic E-state index is 14.1. The van der Waals surface area contributed by atoms with Crippen molar-refractivity contribution in [3.05, 3.63) is 48.0 Å². The van der Waals surface area contributed by atoms with Crippen LogP contribution in [0, 0.1) is 5.92 Å². The lowest BCUT2D eigenvalue weighted by atomic mass is 10.0. The van der Waals surface area contributed by atoms with Crippen LogP contribution in [0.1, 0.15) is 26.2 Å². The van der Waals surface area contributed by atoms with Crippen molar-refractivity contribution in [2.24, 2.45) is 5.92 Å². The van der Waals surface area contributed by atoms with E-state index in [2.05, 4.69) is 4.98 Å². The molecule has 3 aliphatic rings. The van der Waals surface area contributed by atoms with E-state index < -0.39 is 16.1 Å². The Bertz CT molecular complexity index is 1510. The van der Waals surface area contributed by atoms with E-state index in [0.29, 0.717) is 42.9 Å². The standard InChI is InChI=1S/C27H31N5O4S2/c1-17-24-21(32(25(17)33)27-28-13-16-37-27)12-15-30(24)26(34)22-10-6-14-31(22)38(35,36)23-11-5-7-18-19(23)8-4-9-20(18)29(2)3/h4-5,7-9,11,13,16-17,21-22,24H,6,10,12,14-15H2,1-3H3/t17-,21-,22-,24+/m0/s1. The number of sulfonamides is 1. The summed E-state index contributed by atoms with van der Waals surface area (Å²) in [5, 5.41) is 3.99. The monoisotopic (exact) mass is 553 g/mol. The largest absolute Gasteiger partial charge is 0.377 e. The van der Waals surface area contributed by atoms with E-state index in [9.17, 15) is 18.0 Å². The Morgan fingerprint density at radius 2 is 1.84 bits per heavy atom. The fourth-order valence-corrected chi connectivity index (χ4v) is 9.08. The molecule has 0 N–H and O–H groups in total. The summed E-state index contributed by atoms with van der Waals surface area (Å²) in [5.41, 5.74) is 0.932. The molecule has 38 heavy (non-hydrogen) atoms. The van der Waals surface area contributed by atoms with Gasteiger partial charge in [-0.15, -0.1) is 11.3 Å². The third kappa shape index (κ3) is 3.74. The molecule has 4 atom stereocenters. The molecule has 2 aromatic carbocycles. The van der Waals surface area contributed by atoms with Crippen LogP contribution in [0.15, 0.2) is 52.9 Å². The second-order valence-corrected chi connectivity index (χ2v) is 13.2. The summed E-state index contributed by atoms with van der Waals surface area (Å²) in [7, 11) is -0.0837. The molecular formula is C27H31N5O4S2.